The van der Waals surface area contributed by atoms with Crippen LogP contribution in [0.25, 0.3) is 34.2 Å². The van der Waals surface area contributed by atoms with Crippen LogP contribution in [0, 0.1) is 0 Å². The predicted octanol–water partition coefficient (Wildman–Crippen LogP) is 5.39. The van der Waals surface area contributed by atoms with E-state index in [9.17, 15) is 23.1 Å². The average molecular weight is 481 g/mol. The van der Waals surface area contributed by atoms with Crippen molar-refractivity contribution in [3.05, 3.63) is 77.9 Å². The third-order valence-corrected chi connectivity index (χ3v) is 5.12. The number of ether oxygens (including phenoxy) is 2. The zero-order valence-electron chi connectivity index (χ0n) is 18.5. The quantitative estimate of drug-likeness (QED) is 0.382. The van der Waals surface area contributed by atoms with Crippen molar-refractivity contribution in [2.75, 3.05) is 14.2 Å². The van der Waals surface area contributed by atoms with Crippen molar-refractivity contribution >= 4 is 5.97 Å². The van der Waals surface area contributed by atoms with E-state index in [-0.39, 0.29) is 28.8 Å². The number of esters is 1. The molecule has 0 unspecified atom stereocenters. The van der Waals surface area contributed by atoms with Crippen LogP contribution < -0.4 is 4.74 Å². The number of phenolic OH excluding ortho intramolecular Hbond substituents is 1. The first-order valence-corrected chi connectivity index (χ1v) is 10.2. The van der Waals surface area contributed by atoms with E-state index in [1.54, 1.807) is 24.3 Å². The first-order valence-electron chi connectivity index (χ1n) is 10.2. The molecular formula is C25H18F3N3O4. The lowest BCUT2D eigenvalue weighted by Gasteiger charge is -2.11. The maximum atomic E-state index is 13.0. The van der Waals surface area contributed by atoms with E-state index in [2.05, 4.69) is 15.0 Å². The number of carbonyl (C=O) groups excluding carboxylic acids is 1. The summed E-state index contributed by atoms with van der Waals surface area (Å²) in [6, 6.07) is 15.3. The fourth-order valence-corrected chi connectivity index (χ4v) is 3.26. The zero-order valence-corrected chi connectivity index (χ0v) is 18.5. The van der Waals surface area contributed by atoms with Crippen molar-refractivity contribution in [3.8, 4) is 45.7 Å². The third-order valence-electron chi connectivity index (χ3n) is 5.12. The Morgan fingerprint density at radius 1 is 0.800 bits per heavy atom. The molecule has 0 aliphatic rings. The third kappa shape index (κ3) is 5.06. The topological polar surface area (TPSA) is 94.4 Å². The number of hydrogen-bond donors (Lipinski definition) is 1. The van der Waals surface area contributed by atoms with E-state index < -0.39 is 17.7 Å². The number of carbonyl (C=O) groups is 1. The van der Waals surface area contributed by atoms with Gasteiger partial charge in [-0.1, -0.05) is 24.3 Å². The van der Waals surface area contributed by atoms with E-state index in [1.807, 2.05) is 0 Å². The molecule has 3 aromatic carbocycles. The fourth-order valence-electron chi connectivity index (χ4n) is 3.26. The molecule has 1 aromatic heterocycles. The lowest BCUT2D eigenvalue weighted by Crippen LogP contribution is -2.05. The van der Waals surface area contributed by atoms with E-state index in [0.29, 0.717) is 22.4 Å². The van der Waals surface area contributed by atoms with Crippen molar-refractivity contribution in [1.82, 2.24) is 15.0 Å². The van der Waals surface area contributed by atoms with Crippen LogP contribution in [0.5, 0.6) is 11.5 Å². The Morgan fingerprint density at radius 3 is 1.83 bits per heavy atom. The van der Waals surface area contributed by atoms with E-state index in [1.165, 1.54) is 44.6 Å². The molecule has 0 aliphatic carbocycles. The van der Waals surface area contributed by atoms with Crippen LogP contribution in [0.15, 0.2) is 66.7 Å². The molecule has 0 amide bonds. The van der Waals surface area contributed by atoms with Gasteiger partial charge in [-0.25, -0.2) is 19.7 Å². The summed E-state index contributed by atoms with van der Waals surface area (Å²) in [6.45, 7) is 0. The largest absolute Gasteiger partial charge is 0.507 e. The second-order valence-corrected chi connectivity index (χ2v) is 7.33. The highest BCUT2D eigenvalue weighted by atomic mass is 19.4. The standard InChI is InChI=1S/C25H18F3N3O4/c1-34-18-11-12-19(20(32)13-18)23-30-21(14-3-5-16(6-4-14)24(33)35-2)29-22(31-23)15-7-9-17(10-8-15)25(26,27)28/h3-13,32H,1-2H3. The van der Waals surface area contributed by atoms with Gasteiger partial charge in [0.2, 0.25) is 0 Å². The second-order valence-electron chi connectivity index (χ2n) is 7.33. The first-order chi connectivity index (χ1) is 16.7. The van der Waals surface area contributed by atoms with Crippen molar-refractivity contribution in [1.29, 1.82) is 0 Å². The first kappa shape index (κ1) is 23.7. The summed E-state index contributed by atoms with van der Waals surface area (Å²) < 4.78 is 48.8. The summed E-state index contributed by atoms with van der Waals surface area (Å²) in [7, 11) is 2.72. The van der Waals surface area contributed by atoms with E-state index in [0.717, 1.165) is 12.1 Å². The Morgan fingerprint density at radius 2 is 1.34 bits per heavy atom. The van der Waals surface area contributed by atoms with Crippen LogP contribution in [-0.2, 0) is 10.9 Å². The molecule has 0 radical (unpaired) electrons. The molecule has 0 aliphatic heterocycles. The van der Waals surface area contributed by atoms with Crippen LogP contribution in [0.3, 0.4) is 0 Å². The SMILES string of the molecule is COC(=O)c1ccc(-c2nc(-c3ccc(C(F)(F)F)cc3)nc(-c3ccc(OC)cc3O)n2)cc1. The molecule has 0 bridgehead atoms. The lowest BCUT2D eigenvalue weighted by atomic mass is 10.1. The zero-order chi connectivity index (χ0) is 25.2. The number of rotatable bonds is 5. The van der Waals surface area contributed by atoms with Gasteiger partial charge in [0.15, 0.2) is 17.5 Å². The van der Waals surface area contributed by atoms with Gasteiger partial charge >= 0.3 is 12.1 Å². The summed E-state index contributed by atoms with van der Waals surface area (Å²) in [5.41, 5.74) is 0.626. The number of alkyl halides is 3. The minimum atomic E-state index is -4.48. The van der Waals surface area contributed by atoms with Gasteiger partial charge in [0.05, 0.1) is 30.9 Å². The van der Waals surface area contributed by atoms with Gasteiger partial charge < -0.3 is 14.6 Å². The molecule has 4 aromatic rings. The van der Waals surface area contributed by atoms with E-state index >= 15 is 0 Å². The molecule has 0 fully saturated rings. The minimum absolute atomic E-state index is 0.0992. The summed E-state index contributed by atoms with van der Waals surface area (Å²) in [6.07, 6.45) is -4.48. The van der Waals surface area contributed by atoms with Crippen LogP contribution in [0.2, 0.25) is 0 Å². The summed E-state index contributed by atoms with van der Waals surface area (Å²) in [5.74, 6) is 0.147. The van der Waals surface area contributed by atoms with Crippen LogP contribution in [-0.4, -0.2) is 40.2 Å². The van der Waals surface area contributed by atoms with Crippen molar-refractivity contribution in [2.24, 2.45) is 0 Å². The molecule has 1 heterocycles. The number of nitrogens with zero attached hydrogens (tertiary/aromatic N) is 3. The molecule has 10 heteroatoms. The normalized spacial score (nSPS) is 11.2. The molecule has 4 rings (SSSR count). The highest BCUT2D eigenvalue weighted by Crippen LogP contribution is 2.34. The number of hydrogen-bond acceptors (Lipinski definition) is 7. The van der Waals surface area contributed by atoms with Gasteiger partial charge in [-0.2, -0.15) is 13.2 Å². The monoisotopic (exact) mass is 481 g/mol. The molecule has 0 spiro atoms. The fraction of sp³-hybridized carbons (Fsp3) is 0.120. The maximum Gasteiger partial charge on any atom is 0.416 e. The van der Waals surface area contributed by atoms with Gasteiger partial charge in [0.25, 0.3) is 0 Å². The number of aromatic hydroxyl groups is 1. The van der Waals surface area contributed by atoms with E-state index in [4.69, 9.17) is 9.47 Å². The lowest BCUT2D eigenvalue weighted by molar-refractivity contribution is -0.137. The molecule has 0 saturated carbocycles. The summed E-state index contributed by atoms with van der Waals surface area (Å²) >= 11 is 0. The highest BCUT2D eigenvalue weighted by molar-refractivity contribution is 5.89. The molecule has 178 valence electrons. The molecule has 1 N–H and O–H groups in total. The summed E-state index contributed by atoms with van der Waals surface area (Å²) in [4.78, 5) is 25.0. The van der Waals surface area contributed by atoms with Gasteiger partial charge in [-0.05, 0) is 36.4 Å². The molecule has 35 heavy (non-hydrogen) atoms. The van der Waals surface area contributed by atoms with Crippen molar-refractivity contribution in [3.63, 3.8) is 0 Å². The Kier molecular flexibility index (Phi) is 6.37. The maximum absolute atomic E-state index is 13.0. The number of phenols is 1. The number of halogens is 3. The summed E-state index contributed by atoms with van der Waals surface area (Å²) in [5, 5.41) is 10.5. The molecule has 7 nitrogen and oxygen atoms in total. The highest BCUT2D eigenvalue weighted by Gasteiger charge is 2.30. The van der Waals surface area contributed by atoms with Gasteiger partial charge in [-0.3, -0.25) is 0 Å². The van der Waals surface area contributed by atoms with Crippen molar-refractivity contribution in [2.45, 2.75) is 6.18 Å². The number of methoxy groups -OCH3 is 2. The average Bonchev–Trinajstić information content (AvgIpc) is 2.87. The predicted molar refractivity (Wildman–Crippen MR) is 121 cm³/mol. The van der Waals surface area contributed by atoms with Crippen LogP contribution in [0.1, 0.15) is 15.9 Å². The molecule has 0 saturated heterocycles. The second kappa shape index (κ2) is 9.41. The molecular weight excluding hydrogens is 463 g/mol. The van der Waals surface area contributed by atoms with Gasteiger partial charge in [0.1, 0.15) is 11.5 Å². The Bertz CT molecular complexity index is 1370. The van der Waals surface area contributed by atoms with Crippen LogP contribution in [0.4, 0.5) is 13.2 Å². The van der Waals surface area contributed by atoms with Crippen molar-refractivity contribution < 1.29 is 32.5 Å². The van der Waals surface area contributed by atoms with Gasteiger partial charge in [-0.15, -0.1) is 0 Å². The Balaban J connectivity index is 1.85. The Labute approximate surface area is 197 Å². The smallest absolute Gasteiger partial charge is 0.416 e. The van der Waals surface area contributed by atoms with Gasteiger partial charge in [0, 0.05) is 17.2 Å². The van der Waals surface area contributed by atoms with Crippen LogP contribution >= 0.6 is 0 Å². The number of aromatic nitrogens is 3. The number of benzene rings is 3. The molecule has 0 atom stereocenters. The Hall–Kier alpha value is -4.47. The minimum Gasteiger partial charge on any atom is -0.507 e.